The number of fused-ring (bicyclic) bond motifs is 1. The Balaban J connectivity index is 2.53. The summed E-state index contributed by atoms with van der Waals surface area (Å²) in [4.78, 5) is 0. The van der Waals surface area contributed by atoms with E-state index >= 15 is 0 Å². The zero-order valence-corrected chi connectivity index (χ0v) is 13.6. The van der Waals surface area contributed by atoms with Crippen LogP contribution in [0.25, 0.3) is 0 Å². The number of aromatic nitrogens is 1. The second kappa shape index (κ2) is 4.93. The van der Waals surface area contributed by atoms with Crippen molar-refractivity contribution >= 4 is 0 Å². The van der Waals surface area contributed by atoms with Crippen LogP contribution in [0.5, 0.6) is 0 Å². The lowest BCUT2D eigenvalue weighted by Crippen LogP contribution is -2.23. The molecule has 1 aromatic rings. The van der Waals surface area contributed by atoms with Gasteiger partial charge in [-0.05, 0) is 50.7 Å². The monoisotopic (exact) mass is 274 g/mol. The summed E-state index contributed by atoms with van der Waals surface area (Å²) in [5.41, 5.74) is 4.92. The van der Waals surface area contributed by atoms with Crippen LogP contribution in [0, 0.1) is 25.2 Å². The van der Waals surface area contributed by atoms with E-state index in [0.29, 0.717) is 0 Å². The Kier molecular flexibility index (Phi) is 3.73. The first-order valence-electron chi connectivity index (χ1n) is 7.48. The van der Waals surface area contributed by atoms with E-state index in [1.807, 2.05) is 6.92 Å². The Morgan fingerprint density at radius 3 is 2.35 bits per heavy atom. The molecule has 1 heterocycles. The molecule has 1 aliphatic carbocycles. The van der Waals surface area contributed by atoms with Crippen molar-refractivity contribution in [3.63, 3.8) is 0 Å². The number of nitrogens with zero attached hydrogens (tertiary/aromatic N) is 2. The van der Waals surface area contributed by atoms with Gasteiger partial charge in [0.2, 0.25) is 0 Å². The minimum atomic E-state index is -0.357. The van der Waals surface area contributed by atoms with Crippen molar-refractivity contribution in [2.75, 3.05) is 13.2 Å². The largest absolute Gasteiger partial charge is 0.380 e. The predicted molar refractivity (Wildman–Crippen MR) is 81.0 cm³/mol. The molecule has 0 spiro atoms. The molecule has 0 N–H and O–H groups in total. The first-order valence-corrected chi connectivity index (χ1v) is 7.48. The summed E-state index contributed by atoms with van der Waals surface area (Å²) >= 11 is 0. The first kappa shape index (κ1) is 15.1. The summed E-state index contributed by atoms with van der Waals surface area (Å²) in [7, 11) is 0. The Morgan fingerprint density at radius 1 is 1.20 bits per heavy atom. The number of ether oxygens (including phenoxy) is 1. The zero-order chi connectivity index (χ0) is 15.1. The van der Waals surface area contributed by atoms with Crippen LogP contribution in [0.2, 0.25) is 0 Å². The Morgan fingerprint density at radius 2 is 1.80 bits per heavy atom. The van der Waals surface area contributed by atoms with Gasteiger partial charge in [-0.1, -0.05) is 13.8 Å². The number of nitriles is 1. The molecule has 1 unspecified atom stereocenters. The van der Waals surface area contributed by atoms with Gasteiger partial charge in [0, 0.05) is 24.5 Å². The predicted octanol–water partition coefficient (Wildman–Crippen LogP) is 3.60. The summed E-state index contributed by atoms with van der Waals surface area (Å²) in [5.74, 6) is 0. The molecule has 110 valence electrons. The molecule has 1 atom stereocenters. The fourth-order valence-electron chi connectivity index (χ4n) is 4.18. The molecule has 3 nitrogen and oxygen atoms in total. The van der Waals surface area contributed by atoms with Crippen LogP contribution in [-0.4, -0.2) is 17.8 Å². The minimum absolute atomic E-state index is 0.0749. The van der Waals surface area contributed by atoms with Gasteiger partial charge in [-0.2, -0.15) is 5.26 Å². The van der Waals surface area contributed by atoms with E-state index in [9.17, 15) is 5.26 Å². The molecule has 3 heteroatoms. The van der Waals surface area contributed by atoms with Gasteiger partial charge >= 0.3 is 0 Å². The molecular formula is C17H26N2O. The van der Waals surface area contributed by atoms with Gasteiger partial charge in [0.1, 0.15) is 0 Å². The summed E-state index contributed by atoms with van der Waals surface area (Å²) in [5, 5.41) is 9.66. The summed E-state index contributed by atoms with van der Waals surface area (Å²) in [6.45, 7) is 15.3. The van der Waals surface area contributed by atoms with E-state index in [4.69, 9.17) is 4.74 Å². The summed E-state index contributed by atoms with van der Waals surface area (Å²) in [6, 6.07) is 2.56. The highest BCUT2D eigenvalue weighted by Crippen LogP contribution is 2.52. The fourth-order valence-corrected chi connectivity index (χ4v) is 4.18. The van der Waals surface area contributed by atoms with Crippen LogP contribution in [0.3, 0.4) is 0 Å². The van der Waals surface area contributed by atoms with Crippen LogP contribution < -0.4 is 0 Å². The lowest BCUT2D eigenvalue weighted by Gasteiger charge is -2.24. The Bertz CT molecular complexity index is 563. The fraction of sp³-hybridized carbons (Fsp3) is 0.706. The van der Waals surface area contributed by atoms with Crippen molar-refractivity contribution in [2.45, 2.75) is 65.3 Å². The van der Waals surface area contributed by atoms with E-state index in [-0.39, 0.29) is 10.8 Å². The summed E-state index contributed by atoms with van der Waals surface area (Å²) in [6.07, 6.45) is 0.912. The van der Waals surface area contributed by atoms with Crippen LogP contribution in [0.1, 0.15) is 56.6 Å². The molecule has 0 saturated carbocycles. The quantitative estimate of drug-likeness (QED) is 0.787. The molecule has 0 saturated heterocycles. The molecular weight excluding hydrogens is 248 g/mol. The number of rotatable bonds is 4. The smallest absolute Gasteiger partial charge is 0.0822 e. The van der Waals surface area contributed by atoms with E-state index in [1.165, 1.54) is 22.5 Å². The van der Waals surface area contributed by atoms with Crippen molar-refractivity contribution in [1.29, 1.82) is 5.26 Å². The highest BCUT2D eigenvalue weighted by Gasteiger charge is 2.48. The van der Waals surface area contributed by atoms with Crippen LogP contribution >= 0.6 is 0 Å². The van der Waals surface area contributed by atoms with Crippen molar-refractivity contribution < 1.29 is 4.74 Å². The van der Waals surface area contributed by atoms with Crippen LogP contribution in [0.4, 0.5) is 0 Å². The minimum Gasteiger partial charge on any atom is -0.380 e. The van der Waals surface area contributed by atoms with Crippen molar-refractivity contribution in [3.05, 3.63) is 22.5 Å². The maximum absolute atomic E-state index is 9.66. The standard InChI is InChI=1S/C17H26N2O/c1-7-20-9-8-19-12(2)14-15(13(19)3)17(6,11-18)10-16(14,4)5/h7-10H2,1-6H3. The van der Waals surface area contributed by atoms with Gasteiger partial charge in [-0.25, -0.2) is 0 Å². The summed E-state index contributed by atoms with van der Waals surface area (Å²) < 4.78 is 7.82. The molecule has 0 aromatic carbocycles. The molecule has 20 heavy (non-hydrogen) atoms. The normalized spacial score (nSPS) is 23.6. The van der Waals surface area contributed by atoms with Crippen LogP contribution in [0.15, 0.2) is 0 Å². The number of hydrogen-bond acceptors (Lipinski definition) is 2. The molecule has 2 rings (SSSR count). The molecule has 0 radical (unpaired) electrons. The maximum Gasteiger partial charge on any atom is 0.0822 e. The van der Waals surface area contributed by atoms with Crippen molar-refractivity contribution in [2.24, 2.45) is 0 Å². The van der Waals surface area contributed by atoms with E-state index in [0.717, 1.165) is 26.2 Å². The lowest BCUT2D eigenvalue weighted by molar-refractivity contribution is 0.138. The Labute approximate surface area is 122 Å². The average molecular weight is 274 g/mol. The highest BCUT2D eigenvalue weighted by molar-refractivity contribution is 5.54. The van der Waals surface area contributed by atoms with Gasteiger partial charge in [-0.15, -0.1) is 0 Å². The van der Waals surface area contributed by atoms with E-state index < -0.39 is 0 Å². The van der Waals surface area contributed by atoms with Gasteiger partial charge in [0.05, 0.1) is 18.1 Å². The first-order chi connectivity index (χ1) is 9.28. The second-order valence-electron chi connectivity index (χ2n) is 6.77. The van der Waals surface area contributed by atoms with E-state index in [2.05, 4.69) is 45.3 Å². The third-order valence-corrected chi connectivity index (χ3v) is 4.72. The molecule has 0 aliphatic heterocycles. The molecule has 1 aliphatic rings. The van der Waals surface area contributed by atoms with Crippen molar-refractivity contribution in [3.8, 4) is 6.07 Å². The number of hydrogen-bond donors (Lipinski definition) is 0. The van der Waals surface area contributed by atoms with Gasteiger partial charge < -0.3 is 9.30 Å². The van der Waals surface area contributed by atoms with Gasteiger partial charge in [0.25, 0.3) is 0 Å². The van der Waals surface area contributed by atoms with Gasteiger partial charge in [-0.3, -0.25) is 0 Å². The Hall–Kier alpha value is -1.27. The SMILES string of the molecule is CCOCCn1c(C)c2c(c1C)C(C)(C#N)CC2(C)C. The zero-order valence-electron chi connectivity index (χ0n) is 13.6. The lowest BCUT2D eigenvalue weighted by atomic mass is 9.80. The average Bonchev–Trinajstić information content (AvgIpc) is 2.75. The molecule has 0 amide bonds. The third-order valence-electron chi connectivity index (χ3n) is 4.72. The van der Waals surface area contributed by atoms with E-state index in [1.54, 1.807) is 0 Å². The molecule has 0 bridgehead atoms. The third kappa shape index (κ3) is 2.07. The molecule has 0 fully saturated rings. The molecule has 1 aromatic heterocycles. The highest BCUT2D eigenvalue weighted by atomic mass is 16.5. The topological polar surface area (TPSA) is 38.0 Å². The maximum atomic E-state index is 9.66. The second-order valence-corrected chi connectivity index (χ2v) is 6.77. The van der Waals surface area contributed by atoms with Crippen LogP contribution in [-0.2, 0) is 22.1 Å². The van der Waals surface area contributed by atoms with Gasteiger partial charge in [0.15, 0.2) is 0 Å². The van der Waals surface area contributed by atoms with Crippen molar-refractivity contribution in [1.82, 2.24) is 4.57 Å².